The van der Waals surface area contributed by atoms with Crippen molar-refractivity contribution in [2.75, 3.05) is 19.6 Å². The molecule has 1 aromatic carbocycles. The predicted octanol–water partition coefficient (Wildman–Crippen LogP) is 3.23. The zero-order valence-corrected chi connectivity index (χ0v) is 12.8. The highest BCUT2D eigenvalue weighted by molar-refractivity contribution is 5.85. The molecule has 1 aromatic rings. The average Bonchev–Trinajstić information content (AvgIpc) is 2.40. The Kier molecular flexibility index (Phi) is 7.44. The summed E-state index contributed by atoms with van der Waals surface area (Å²) in [6.07, 6.45) is 5.01. The Morgan fingerprint density at radius 3 is 2.53 bits per heavy atom. The monoisotopic (exact) mass is 282 g/mol. The number of hydrogen-bond acceptors (Lipinski definition) is 2. The van der Waals surface area contributed by atoms with Crippen molar-refractivity contribution in [2.24, 2.45) is 11.7 Å². The molecule has 0 bridgehead atoms. The van der Waals surface area contributed by atoms with Gasteiger partial charge < -0.3 is 5.73 Å². The van der Waals surface area contributed by atoms with Gasteiger partial charge in [-0.1, -0.05) is 31.2 Å². The summed E-state index contributed by atoms with van der Waals surface area (Å²) in [5.74, 6) is 0.818. The van der Waals surface area contributed by atoms with Crippen molar-refractivity contribution in [3.8, 4) is 0 Å². The highest BCUT2D eigenvalue weighted by Crippen LogP contribution is 2.20. The summed E-state index contributed by atoms with van der Waals surface area (Å²) in [4.78, 5) is 2.59. The summed E-state index contributed by atoms with van der Waals surface area (Å²) in [7, 11) is 0. The van der Waals surface area contributed by atoms with Crippen LogP contribution in [0, 0.1) is 5.92 Å². The summed E-state index contributed by atoms with van der Waals surface area (Å²) < 4.78 is 0. The Labute approximate surface area is 123 Å². The topological polar surface area (TPSA) is 29.3 Å². The summed E-state index contributed by atoms with van der Waals surface area (Å²) in [5.41, 5.74) is 8.54. The maximum Gasteiger partial charge on any atom is 0.0233 e. The number of piperidine rings is 1. The fraction of sp³-hybridized carbons (Fsp3) is 0.625. The summed E-state index contributed by atoms with van der Waals surface area (Å²) >= 11 is 0. The van der Waals surface area contributed by atoms with E-state index in [0.29, 0.717) is 0 Å². The van der Waals surface area contributed by atoms with E-state index in [-0.39, 0.29) is 12.4 Å². The summed E-state index contributed by atoms with van der Waals surface area (Å²) in [6, 6.07) is 9.09. The molecule has 1 unspecified atom stereocenters. The predicted molar refractivity (Wildman–Crippen MR) is 84.7 cm³/mol. The lowest BCUT2D eigenvalue weighted by molar-refractivity contribution is 0.163. The molecule has 0 spiro atoms. The maximum absolute atomic E-state index is 5.67. The summed E-state index contributed by atoms with van der Waals surface area (Å²) in [5, 5.41) is 0. The second-order valence-corrected chi connectivity index (χ2v) is 5.49. The molecule has 2 rings (SSSR count). The van der Waals surface area contributed by atoms with Crippen LogP contribution in [0.5, 0.6) is 0 Å². The van der Waals surface area contributed by atoms with Gasteiger partial charge in [0.2, 0.25) is 0 Å². The molecule has 1 aliphatic heterocycles. The molecule has 1 fully saturated rings. The van der Waals surface area contributed by atoms with Crippen LogP contribution in [0.1, 0.15) is 37.3 Å². The van der Waals surface area contributed by atoms with Gasteiger partial charge in [-0.25, -0.2) is 0 Å². The molecule has 0 aliphatic carbocycles. The van der Waals surface area contributed by atoms with Gasteiger partial charge in [0, 0.05) is 13.1 Å². The number of likely N-dealkylation sites (tertiary alicyclic amines) is 1. The van der Waals surface area contributed by atoms with Gasteiger partial charge in [-0.05, 0) is 55.8 Å². The Bertz CT molecular complexity index is 348. The Morgan fingerprint density at radius 2 is 1.89 bits per heavy atom. The van der Waals surface area contributed by atoms with Crippen molar-refractivity contribution in [1.82, 2.24) is 4.90 Å². The van der Waals surface area contributed by atoms with Gasteiger partial charge in [-0.2, -0.15) is 0 Å². The number of benzene rings is 1. The van der Waals surface area contributed by atoms with E-state index in [0.717, 1.165) is 25.4 Å². The van der Waals surface area contributed by atoms with Crippen LogP contribution < -0.4 is 5.73 Å². The SMILES string of the molecule is CCc1ccc(CN2CCCC(CCN)C2)cc1.Cl. The smallest absolute Gasteiger partial charge is 0.0233 e. The van der Waals surface area contributed by atoms with Crippen LogP contribution in [0.4, 0.5) is 0 Å². The highest BCUT2D eigenvalue weighted by atomic mass is 35.5. The Balaban J connectivity index is 0.00000180. The number of halogens is 1. The highest BCUT2D eigenvalue weighted by Gasteiger charge is 2.18. The lowest BCUT2D eigenvalue weighted by atomic mass is 9.94. The lowest BCUT2D eigenvalue weighted by Gasteiger charge is -2.32. The van der Waals surface area contributed by atoms with Gasteiger partial charge in [0.1, 0.15) is 0 Å². The minimum Gasteiger partial charge on any atom is -0.330 e. The molecule has 0 radical (unpaired) electrons. The van der Waals surface area contributed by atoms with Gasteiger partial charge in [0.15, 0.2) is 0 Å². The van der Waals surface area contributed by atoms with Gasteiger partial charge in [0.25, 0.3) is 0 Å². The minimum atomic E-state index is 0. The average molecular weight is 283 g/mol. The number of hydrogen-bond donors (Lipinski definition) is 1. The molecular formula is C16H27ClN2. The van der Waals surface area contributed by atoms with Crippen LogP contribution in [0.3, 0.4) is 0 Å². The van der Waals surface area contributed by atoms with E-state index in [1.54, 1.807) is 0 Å². The van der Waals surface area contributed by atoms with Crippen molar-refractivity contribution in [1.29, 1.82) is 0 Å². The normalized spacial score (nSPS) is 20.0. The Morgan fingerprint density at radius 1 is 1.21 bits per heavy atom. The number of nitrogens with two attached hydrogens (primary N) is 1. The molecule has 1 aliphatic rings. The zero-order valence-electron chi connectivity index (χ0n) is 12.0. The molecule has 2 N–H and O–H groups in total. The number of rotatable bonds is 5. The second-order valence-electron chi connectivity index (χ2n) is 5.49. The van der Waals surface area contributed by atoms with Crippen molar-refractivity contribution in [2.45, 2.75) is 39.2 Å². The molecule has 0 saturated carbocycles. The Hall–Kier alpha value is -0.570. The molecule has 19 heavy (non-hydrogen) atoms. The number of nitrogens with zero attached hydrogens (tertiary/aromatic N) is 1. The van der Waals surface area contributed by atoms with Crippen molar-refractivity contribution < 1.29 is 0 Å². The van der Waals surface area contributed by atoms with Gasteiger partial charge >= 0.3 is 0 Å². The van der Waals surface area contributed by atoms with Gasteiger partial charge in [-0.3, -0.25) is 4.90 Å². The molecule has 1 atom stereocenters. The van der Waals surface area contributed by atoms with E-state index in [1.807, 2.05) is 0 Å². The number of aryl methyl sites for hydroxylation is 1. The molecule has 108 valence electrons. The quantitative estimate of drug-likeness (QED) is 0.898. The third-order valence-electron chi connectivity index (χ3n) is 4.02. The van der Waals surface area contributed by atoms with Crippen LogP contribution in [-0.4, -0.2) is 24.5 Å². The van der Waals surface area contributed by atoms with E-state index < -0.39 is 0 Å². The van der Waals surface area contributed by atoms with Crippen LogP contribution in [0.25, 0.3) is 0 Å². The first-order valence-corrected chi connectivity index (χ1v) is 7.32. The van der Waals surface area contributed by atoms with Crippen molar-refractivity contribution in [3.05, 3.63) is 35.4 Å². The molecule has 3 heteroatoms. The van der Waals surface area contributed by atoms with E-state index in [4.69, 9.17) is 5.73 Å². The zero-order chi connectivity index (χ0) is 12.8. The van der Waals surface area contributed by atoms with Crippen molar-refractivity contribution >= 4 is 12.4 Å². The van der Waals surface area contributed by atoms with Crippen LogP contribution in [-0.2, 0) is 13.0 Å². The molecule has 2 nitrogen and oxygen atoms in total. The molecule has 0 amide bonds. The second kappa shape index (κ2) is 8.57. The standard InChI is InChI=1S/C16H26N2.ClH/c1-2-14-5-7-16(8-6-14)13-18-11-3-4-15(12-18)9-10-17;/h5-8,15H,2-4,9-13,17H2,1H3;1H. The summed E-state index contributed by atoms with van der Waals surface area (Å²) in [6.45, 7) is 6.62. The fourth-order valence-corrected chi connectivity index (χ4v) is 2.90. The first-order chi connectivity index (χ1) is 8.81. The molecule has 1 heterocycles. The maximum atomic E-state index is 5.67. The third kappa shape index (κ3) is 5.13. The van der Waals surface area contributed by atoms with E-state index in [9.17, 15) is 0 Å². The molecule has 0 aromatic heterocycles. The minimum absolute atomic E-state index is 0. The van der Waals surface area contributed by atoms with Gasteiger partial charge in [-0.15, -0.1) is 12.4 Å². The lowest BCUT2D eigenvalue weighted by Crippen LogP contribution is -2.35. The van der Waals surface area contributed by atoms with Gasteiger partial charge in [0.05, 0.1) is 0 Å². The molecular weight excluding hydrogens is 256 g/mol. The van der Waals surface area contributed by atoms with Crippen molar-refractivity contribution in [3.63, 3.8) is 0 Å². The van der Waals surface area contributed by atoms with Crippen LogP contribution in [0.15, 0.2) is 24.3 Å². The van der Waals surface area contributed by atoms with E-state index >= 15 is 0 Å². The van der Waals surface area contributed by atoms with E-state index in [2.05, 4.69) is 36.1 Å². The molecule has 1 saturated heterocycles. The van der Waals surface area contributed by atoms with Crippen LogP contribution >= 0.6 is 12.4 Å². The third-order valence-corrected chi connectivity index (χ3v) is 4.02. The largest absolute Gasteiger partial charge is 0.330 e. The van der Waals surface area contributed by atoms with Crippen LogP contribution in [0.2, 0.25) is 0 Å². The fourth-order valence-electron chi connectivity index (χ4n) is 2.90. The first kappa shape index (κ1) is 16.5. The van der Waals surface area contributed by atoms with E-state index in [1.165, 1.54) is 43.5 Å². The first-order valence-electron chi connectivity index (χ1n) is 7.32.